The first kappa shape index (κ1) is 11.0. The minimum absolute atomic E-state index is 1.07. The zero-order chi connectivity index (χ0) is 12.7. The van der Waals surface area contributed by atoms with E-state index >= 15 is 0 Å². The lowest BCUT2D eigenvalue weighted by Crippen LogP contribution is -1.95. The molecule has 3 heteroatoms. The second-order valence-electron chi connectivity index (χ2n) is 4.68. The van der Waals surface area contributed by atoms with Gasteiger partial charge in [-0.2, -0.15) is 5.10 Å². The van der Waals surface area contributed by atoms with Crippen molar-refractivity contribution in [1.82, 2.24) is 14.8 Å². The van der Waals surface area contributed by atoms with Crippen molar-refractivity contribution in [3.05, 3.63) is 47.8 Å². The number of pyridine rings is 1. The highest BCUT2D eigenvalue weighted by molar-refractivity contribution is 5.95. The average molecular weight is 237 g/mol. The summed E-state index contributed by atoms with van der Waals surface area (Å²) in [7, 11) is 1.96. The number of rotatable bonds is 1. The van der Waals surface area contributed by atoms with E-state index in [2.05, 4.69) is 42.1 Å². The van der Waals surface area contributed by atoms with E-state index in [1.54, 1.807) is 0 Å². The van der Waals surface area contributed by atoms with E-state index in [1.165, 1.54) is 22.1 Å². The molecular formula is C15H15N3. The van der Waals surface area contributed by atoms with E-state index in [9.17, 15) is 0 Å². The predicted octanol–water partition coefficient (Wildman–Crippen LogP) is 3.25. The number of hydrogen-bond acceptors (Lipinski definition) is 2. The Balaban J connectivity index is 2.40. The number of fused-ring (bicyclic) bond motifs is 1. The Labute approximate surface area is 106 Å². The molecule has 0 spiro atoms. The van der Waals surface area contributed by atoms with Gasteiger partial charge in [0.15, 0.2) is 0 Å². The van der Waals surface area contributed by atoms with Crippen LogP contribution in [0.3, 0.4) is 0 Å². The van der Waals surface area contributed by atoms with Gasteiger partial charge in [0, 0.05) is 30.4 Å². The fourth-order valence-electron chi connectivity index (χ4n) is 2.47. The molecule has 0 atom stereocenters. The number of aryl methyl sites for hydroxylation is 3. The molecule has 0 fully saturated rings. The highest BCUT2D eigenvalue weighted by Crippen LogP contribution is 2.29. The van der Waals surface area contributed by atoms with Gasteiger partial charge in [-0.3, -0.25) is 9.67 Å². The molecule has 0 aliphatic heterocycles. The molecule has 0 unspecified atom stereocenters. The monoisotopic (exact) mass is 237 g/mol. The van der Waals surface area contributed by atoms with Gasteiger partial charge in [-0.1, -0.05) is 11.6 Å². The largest absolute Gasteiger partial charge is 0.268 e. The average Bonchev–Trinajstić information content (AvgIpc) is 2.74. The predicted molar refractivity (Wildman–Crippen MR) is 73.4 cm³/mol. The van der Waals surface area contributed by atoms with Gasteiger partial charge in [0.2, 0.25) is 0 Å². The summed E-state index contributed by atoms with van der Waals surface area (Å²) >= 11 is 0. The molecule has 18 heavy (non-hydrogen) atoms. The Morgan fingerprint density at radius 3 is 2.61 bits per heavy atom. The minimum Gasteiger partial charge on any atom is -0.268 e. The van der Waals surface area contributed by atoms with Gasteiger partial charge in [-0.25, -0.2) is 0 Å². The van der Waals surface area contributed by atoms with Crippen molar-refractivity contribution in [2.24, 2.45) is 7.05 Å². The number of benzene rings is 1. The van der Waals surface area contributed by atoms with Gasteiger partial charge in [0.05, 0.1) is 11.2 Å². The van der Waals surface area contributed by atoms with Crippen LogP contribution in [0, 0.1) is 13.8 Å². The van der Waals surface area contributed by atoms with Crippen molar-refractivity contribution in [3.8, 4) is 11.3 Å². The lowest BCUT2D eigenvalue weighted by molar-refractivity contribution is 0.776. The zero-order valence-corrected chi connectivity index (χ0v) is 10.8. The van der Waals surface area contributed by atoms with Gasteiger partial charge < -0.3 is 0 Å². The van der Waals surface area contributed by atoms with Gasteiger partial charge in [0.25, 0.3) is 0 Å². The molecule has 0 radical (unpaired) electrons. The molecule has 0 bridgehead atoms. The third-order valence-corrected chi connectivity index (χ3v) is 3.28. The molecule has 0 aliphatic carbocycles. The first-order valence-electron chi connectivity index (χ1n) is 6.01. The molecule has 3 nitrogen and oxygen atoms in total. The van der Waals surface area contributed by atoms with Crippen LogP contribution in [0.2, 0.25) is 0 Å². The van der Waals surface area contributed by atoms with E-state index in [1.807, 2.05) is 30.2 Å². The summed E-state index contributed by atoms with van der Waals surface area (Å²) in [5, 5.41) is 5.43. The normalized spacial score (nSPS) is 11.1. The van der Waals surface area contributed by atoms with E-state index in [4.69, 9.17) is 0 Å². The summed E-state index contributed by atoms with van der Waals surface area (Å²) < 4.78 is 1.90. The molecule has 1 aromatic carbocycles. The van der Waals surface area contributed by atoms with Crippen LogP contribution in [0.15, 0.2) is 36.7 Å². The molecule has 2 aromatic heterocycles. The second-order valence-corrected chi connectivity index (χ2v) is 4.68. The third-order valence-electron chi connectivity index (χ3n) is 3.28. The number of nitrogens with zero attached hydrogens (tertiary/aromatic N) is 3. The van der Waals surface area contributed by atoms with Gasteiger partial charge in [-0.15, -0.1) is 0 Å². The SMILES string of the molecule is Cc1cc(C)c2nccc(-c3ccnn3C)c2c1. The highest BCUT2D eigenvalue weighted by Gasteiger charge is 2.09. The molecule has 2 heterocycles. The molecular weight excluding hydrogens is 222 g/mol. The molecule has 0 N–H and O–H groups in total. The van der Waals surface area contributed by atoms with Crippen LogP contribution in [-0.4, -0.2) is 14.8 Å². The fraction of sp³-hybridized carbons (Fsp3) is 0.200. The van der Waals surface area contributed by atoms with E-state index in [0.29, 0.717) is 0 Å². The molecule has 0 amide bonds. The third kappa shape index (κ3) is 1.59. The molecule has 3 rings (SSSR count). The molecule has 3 aromatic rings. The topological polar surface area (TPSA) is 30.7 Å². The first-order chi connectivity index (χ1) is 8.66. The van der Waals surface area contributed by atoms with Crippen LogP contribution in [-0.2, 0) is 7.05 Å². The van der Waals surface area contributed by atoms with Gasteiger partial charge in [0.1, 0.15) is 0 Å². The molecule has 90 valence electrons. The standard InChI is InChI=1S/C15H15N3/c1-10-8-11(2)15-13(9-10)12(4-6-16-15)14-5-7-17-18(14)3/h4-9H,1-3H3. The maximum Gasteiger partial charge on any atom is 0.0738 e. The first-order valence-corrected chi connectivity index (χ1v) is 6.01. The summed E-state index contributed by atoms with van der Waals surface area (Å²) in [4.78, 5) is 4.49. The summed E-state index contributed by atoms with van der Waals surface area (Å²) in [6, 6.07) is 8.45. The minimum atomic E-state index is 1.07. The quantitative estimate of drug-likeness (QED) is 0.650. The van der Waals surface area contributed by atoms with Crippen molar-refractivity contribution in [3.63, 3.8) is 0 Å². The summed E-state index contributed by atoms with van der Waals surface area (Å²) in [6.07, 6.45) is 3.69. The van der Waals surface area contributed by atoms with Gasteiger partial charge >= 0.3 is 0 Å². The summed E-state index contributed by atoms with van der Waals surface area (Å²) in [5.74, 6) is 0. The Hall–Kier alpha value is -2.16. The Kier molecular flexibility index (Phi) is 2.40. The van der Waals surface area contributed by atoms with Crippen molar-refractivity contribution in [2.45, 2.75) is 13.8 Å². The maximum atomic E-state index is 4.49. The Bertz CT molecular complexity index is 726. The highest BCUT2D eigenvalue weighted by atomic mass is 15.3. The van der Waals surface area contributed by atoms with Gasteiger partial charge in [-0.05, 0) is 37.6 Å². The van der Waals surface area contributed by atoms with E-state index in [-0.39, 0.29) is 0 Å². The molecule has 0 aliphatic rings. The second kappa shape index (κ2) is 3.95. The zero-order valence-electron chi connectivity index (χ0n) is 10.8. The van der Waals surface area contributed by atoms with Crippen LogP contribution in [0.4, 0.5) is 0 Å². The van der Waals surface area contributed by atoms with E-state index < -0.39 is 0 Å². The van der Waals surface area contributed by atoms with Crippen LogP contribution in [0.5, 0.6) is 0 Å². The fourth-order valence-corrected chi connectivity index (χ4v) is 2.47. The van der Waals surface area contributed by atoms with Crippen LogP contribution < -0.4 is 0 Å². The molecule has 0 saturated carbocycles. The van der Waals surface area contributed by atoms with Crippen molar-refractivity contribution >= 4 is 10.9 Å². The lowest BCUT2D eigenvalue weighted by atomic mass is 10.0. The van der Waals surface area contributed by atoms with E-state index in [0.717, 1.165) is 11.2 Å². The Morgan fingerprint density at radius 1 is 1.06 bits per heavy atom. The van der Waals surface area contributed by atoms with Crippen molar-refractivity contribution in [2.75, 3.05) is 0 Å². The lowest BCUT2D eigenvalue weighted by Gasteiger charge is -2.09. The number of aromatic nitrogens is 3. The summed E-state index contributed by atoms with van der Waals surface area (Å²) in [5.41, 5.74) is 5.85. The summed E-state index contributed by atoms with van der Waals surface area (Å²) in [6.45, 7) is 4.22. The number of hydrogen-bond donors (Lipinski definition) is 0. The molecule has 0 saturated heterocycles. The van der Waals surface area contributed by atoms with Crippen molar-refractivity contribution < 1.29 is 0 Å². The van der Waals surface area contributed by atoms with Crippen molar-refractivity contribution in [1.29, 1.82) is 0 Å². The van der Waals surface area contributed by atoms with Crippen LogP contribution in [0.25, 0.3) is 22.2 Å². The van der Waals surface area contributed by atoms with Crippen LogP contribution >= 0.6 is 0 Å². The Morgan fingerprint density at radius 2 is 1.89 bits per heavy atom. The van der Waals surface area contributed by atoms with Crippen LogP contribution in [0.1, 0.15) is 11.1 Å². The smallest absolute Gasteiger partial charge is 0.0738 e. The maximum absolute atomic E-state index is 4.49.